The Hall–Kier alpha value is -4.59. The number of aliphatic hydroxyl groups excluding tert-OH is 1. The van der Waals surface area contributed by atoms with Gasteiger partial charge < -0.3 is 19.7 Å². The molecule has 0 saturated carbocycles. The van der Waals surface area contributed by atoms with E-state index in [0.29, 0.717) is 23.5 Å². The number of Topliss-reactive ketones (excluding diaryl/α,β-unsaturated/α-hetero) is 1. The predicted molar refractivity (Wildman–Crippen MR) is 142 cm³/mol. The van der Waals surface area contributed by atoms with E-state index in [1.807, 2.05) is 13.8 Å². The van der Waals surface area contributed by atoms with E-state index in [4.69, 9.17) is 9.47 Å². The molecular formula is C30H29NO7. The molecule has 8 nitrogen and oxygen atoms in total. The third-order valence-corrected chi connectivity index (χ3v) is 5.98. The smallest absolute Gasteiger partial charge is 0.338 e. The summed E-state index contributed by atoms with van der Waals surface area (Å²) >= 11 is 0. The van der Waals surface area contributed by atoms with Crippen molar-refractivity contribution in [2.24, 2.45) is 5.92 Å². The monoisotopic (exact) mass is 515 g/mol. The summed E-state index contributed by atoms with van der Waals surface area (Å²) in [7, 11) is 0. The first-order chi connectivity index (χ1) is 18.2. The standard InChI is InChI=1S/C30H29NO7/c1-4-37-30(36)21-8-5-9-22(15-21)31-26(19-11-13-23(32)14-12-19)25(28(34)29(31)35)27(33)20-7-6-10-24(16-20)38-17-18(2)3/h5-16,18,26,32-33H,4,17H2,1-3H3/b27-25+. The third kappa shape index (κ3) is 5.39. The Morgan fingerprint density at radius 2 is 1.66 bits per heavy atom. The number of carbonyl (C=O) groups excluding carboxylic acids is 3. The highest BCUT2D eigenvalue weighted by Gasteiger charge is 2.47. The molecule has 0 radical (unpaired) electrons. The number of anilines is 1. The zero-order valence-electron chi connectivity index (χ0n) is 21.4. The number of amides is 1. The van der Waals surface area contributed by atoms with Crippen molar-refractivity contribution in [1.82, 2.24) is 0 Å². The molecule has 1 amide bonds. The average Bonchev–Trinajstić information content (AvgIpc) is 3.18. The summed E-state index contributed by atoms with van der Waals surface area (Å²) in [5.74, 6) is -1.86. The molecule has 0 bridgehead atoms. The highest BCUT2D eigenvalue weighted by atomic mass is 16.5. The van der Waals surface area contributed by atoms with Crippen LogP contribution in [0.3, 0.4) is 0 Å². The summed E-state index contributed by atoms with van der Waals surface area (Å²) in [5.41, 5.74) is 1.17. The molecule has 1 fully saturated rings. The topological polar surface area (TPSA) is 113 Å². The van der Waals surface area contributed by atoms with Gasteiger partial charge in [-0.2, -0.15) is 0 Å². The Morgan fingerprint density at radius 1 is 0.974 bits per heavy atom. The third-order valence-electron chi connectivity index (χ3n) is 5.98. The minimum Gasteiger partial charge on any atom is -0.508 e. The lowest BCUT2D eigenvalue weighted by molar-refractivity contribution is -0.132. The van der Waals surface area contributed by atoms with Crippen molar-refractivity contribution in [1.29, 1.82) is 0 Å². The molecule has 38 heavy (non-hydrogen) atoms. The second-order valence-corrected chi connectivity index (χ2v) is 9.26. The maximum Gasteiger partial charge on any atom is 0.338 e. The summed E-state index contributed by atoms with van der Waals surface area (Å²) < 4.78 is 10.9. The lowest BCUT2D eigenvalue weighted by Crippen LogP contribution is -2.29. The number of carbonyl (C=O) groups is 3. The predicted octanol–water partition coefficient (Wildman–Crippen LogP) is 5.23. The van der Waals surface area contributed by atoms with Gasteiger partial charge in [0.2, 0.25) is 0 Å². The molecule has 196 valence electrons. The molecule has 1 aliphatic rings. The van der Waals surface area contributed by atoms with Crippen molar-refractivity contribution in [2.75, 3.05) is 18.1 Å². The second kappa shape index (κ2) is 11.2. The molecule has 1 atom stereocenters. The van der Waals surface area contributed by atoms with E-state index in [9.17, 15) is 24.6 Å². The first-order valence-corrected chi connectivity index (χ1v) is 12.3. The first-order valence-electron chi connectivity index (χ1n) is 12.3. The van der Waals surface area contributed by atoms with Crippen LogP contribution in [0.2, 0.25) is 0 Å². The van der Waals surface area contributed by atoms with Crippen LogP contribution in [0.5, 0.6) is 11.5 Å². The van der Waals surface area contributed by atoms with E-state index in [2.05, 4.69) is 0 Å². The number of phenolic OH excluding ortho intramolecular Hbond substituents is 1. The Kier molecular flexibility index (Phi) is 7.81. The summed E-state index contributed by atoms with van der Waals surface area (Å²) in [6, 6.07) is 17.9. The van der Waals surface area contributed by atoms with E-state index in [1.165, 1.54) is 23.1 Å². The number of aromatic hydroxyl groups is 1. The van der Waals surface area contributed by atoms with Crippen LogP contribution in [0.1, 0.15) is 48.3 Å². The van der Waals surface area contributed by atoms with E-state index in [1.54, 1.807) is 61.5 Å². The minimum atomic E-state index is -1.02. The number of nitrogens with zero attached hydrogens (tertiary/aromatic N) is 1. The van der Waals surface area contributed by atoms with Gasteiger partial charge in [-0.1, -0.05) is 44.2 Å². The normalized spacial score (nSPS) is 16.6. The van der Waals surface area contributed by atoms with Crippen molar-refractivity contribution in [3.63, 3.8) is 0 Å². The molecule has 3 aromatic rings. The number of hydrogen-bond donors (Lipinski definition) is 2. The van der Waals surface area contributed by atoms with Gasteiger partial charge in [0.15, 0.2) is 0 Å². The maximum atomic E-state index is 13.4. The quantitative estimate of drug-likeness (QED) is 0.183. The number of hydrogen-bond acceptors (Lipinski definition) is 7. The Bertz CT molecular complexity index is 1390. The van der Waals surface area contributed by atoms with E-state index in [-0.39, 0.29) is 40.9 Å². The average molecular weight is 516 g/mol. The Balaban J connectivity index is 1.85. The van der Waals surface area contributed by atoms with Gasteiger partial charge in [0.25, 0.3) is 11.7 Å². The highest BCUT2D eigenvalue weighted by Crippen LogP contribution is 2.43. The molecule has 1 unspecified atom stereocenters. The van der Waals surface area contributed by atoms with Gasteiger partial charge in [0.1, 0.15) is 17.3 Å². The van der Waals surface area contributed by atoms with Crippen molar-refractivity contribution >= 4 is 29.1 Å². The van der Waals surface area contributed by atoms with E-state index < -0.39 is 23.7 Å². The van der Waals surface area contributed by atoms with Crippen LogP contribution in [0, 0.1) is 5.92 Å². The summed E-state index contributed by atoms with van der Waals surface area (Å²) in [5, 5.41) is 21.2. The van der Waals surface area contributed by atoms with Gasteiger partial charge in [0.05, 0.1) is 30.4 Å². The van der Waals surface area contributed by atoms with Crippen molar-refractivity contribution in [3.05, 3.63) is 95.1 Å². The molecule has 3 aromatic carbocycles. The van der Waals surface area contributed by atoms with Gasteiger partial charge in [-0.15, -0.1) is 0 Å². The van der Waals surface area contributed by atoms with Crippen LogP contribution >= 0.6 is 0 Å². The number of benzene rings is 3. The van der Waals surface area contributed by atoms with Crippen LogP contribution in [-0.2, 0) is 14.3 Å². The first kappa shape index (κ1) is 26.5. The fraction of sp³-hybridized carbons (Fsp3) is 0.233. The largest absolute Gasteiger partial charge is 0.508 e. The summed E-state index contributed by atoms with van der Waals surface area (Å²) in [4.78, 5) is 40.4. The number of ketones is 1. The summed E-state index contributed by atoms with van der Waals surface area (Å²) in [6.45, 7) is 6.37. The van der Waals surface area contributed by atoms with Gasteiger partial charge in [-0.25, -0.2) is 4.79 Å². The number of rotatable bonds is 8. The molecule has 4 rings (SSSR count). The molecule has 1 saturated heterocycles. The second-order valence-electron chi connectivity index (χ2n) is 9.26. The van der Waals surface area contributed by atoms with E-state index in [0.717, 1.165) is 0 Å². The number of phenols is 1. The number of aliphatic hydroxyl groups is 1. The van der Waals surface area contributed by atoms with Gasteiger partial charge in [-0.3, -0.25) is 14.5 Å². The Morgan fingerprint density at radius 3 is 2.34 bits per heavy atom. The van der Waals surface area contributed by atoms with Crippen molar-refractivity contribution in [2.45, 2.75) is 26.8 Å². The van der Waals surface area contributed by atoms with Gasteiger partial charge >= 0.3 is 5.97 Å². The molecule has 2 N–H and O–H groups in total. The number of esters is 1. The lowest BCUT2D eigenvalue weighted by atomic mass is 9.95. The van der Waals surface area contributed by atoms with Crippen LogP contribution in [0.25, 0.3) is 5.76 Å². The highest BCUT2D eigenvalue weighted by molar-refractivity contribution is 6.51. The molecule has 1 aliphatic heterocycles. The van der Waals surface area contributed by atoms with Gasteiger partial charge in [-0.05, 0) is 60.9 Å². The molecule has 1 heterocycles. The number of ether oxygens (including phenoxy) is 2. The molecule has 0 spiro atoms. The Labute approximate surface area is 220 Å². The molecule has 8 heteroatoms. The SMILES string of the molecule is CCOC(=O)c1cccc(N2C(=O)C(=O)/C(=C(/O)c3cccc(OCC(C)C)c3)C2c2ccc(O)cc2)c1. The zero-order chi connectivity index (χ0) is 27.4. The van der Waals surface area contributed by atoms with Crippen molar-refractivity contribution < 1.29 is 34.1 Å². The van der Waals surface area contributed by atoms with Gasteiger partial charge in [0, 0.05) is 11.3 Å². The molecular weight excluding hydrogens is 486 g/mol. The van der Waals surface area contributed by atoms with Crippen LogP contribution in [0.15, 0.2) is 78.4 Å². The minimum absolute atomic E-state index is 0.00464. The molecule has 0 aliphatic carbocycles. The lowest BCUT2D eigenvalue weighted by Gasteiger charge is -2.26. The van der Waals surface area contributed by atoms with E-state index >= 15 is 0 Å². The fourth-order valence-electron chi connectivity index (χ4n) is 4.22. The van der Waals surface area contributed by atoms with Crippen molar-refractivity contribution in [3.8, 4) is 11.5 Å². The maximum absolute atomic E-state index is 13.4. The zero-order valence-corrected chi connectivity index (χ0v) is 21.4. The fourth-order valence-corrected chi connectivity index (χ4v) is 4.22. The summed E-state index contributed by atoms with van der Waals surface area (Å²) in [6.07, 6.45) is 0. The van der Waals surface area contributed by atoms with Crippen LogP contribution in [0.4, 0.5) is 5.69 Å². The van der Waals surface area contributed by atoms with Crippen LogP contribution in [-0.4, -0.2) is 41.1 Å². The van der Waals surface area contributed by atoms with Crippen LogP contribution < -0.4 is 9.64 Å². The molecule has 0 aromatic heterocycles.